The number of hydrogen-bond donors (Lipinski definition) is 1. The standard InChI is InChI=1S/C16H12ClNO2/c1-20-16-5-3-2-4-11(16)14-9-15(19)12-8-10(17)6-7-13(12)18-14/h2-9H,1H3,(H,18,19). The van der Waals surface area contributed by atoms with Crippen molar-refractivity contribution in [1.29, 1.82) is 0 Å². The Labute approximate surface area is 120 Å². The highest BCUT2D eigenvalue weighted by Gasteiger charge is 2.08. The van der Waals surface area contributed by atoms with Crippen molar-refractivity contribution in [2.45, 2.75) is 0 Å². The van der Waals surface area contributed by atoms with E-state index in [9.17, 15) is 4.79 Å². The molecule has 0 saturated heterocycles. The van der Waals surface area contributed by atoms with Crippen molar-refractivity contribution in [2.75, 3.05) is 7.11 Å². The van der Waals surface area contributed by atoms with E-state index in [4.69, 9.17) is 16.3 Å². The second-order valence-corrected chi connectivity index (χ2v) is 4.87. The van der Waals surface area contributed by atoms with Crippen LogP contribution in [0.1, 0.15) is 0 Å². The molecule has 0 aliphatic heterocycles. The molecular formula is C16H12ClNO2. The molecule has 0 aliphatic rings. The number of hydrogen-bond acceptors (Lipinski definition) is 2. The molecule has 1 N–H and O–H groups in total. The molecule has 100 valence electrons. The molecule has 0 aliphatic carbocycles. The number of H-pyrrole nitrogens is 1. The van der Waals surface area contributed by atoms with Crippen LogP contribution >= 0.6 is 11.6 Å². The zero-order valence-corrected chi connectivity index (χ0v) is 11.6. The fourth-order valence-corrected chi connectivity index (χ4v) is 2.40. The molecule has 3 nitrogen and oxygen atoms in total. The first-order chi connectivity index (χ1) is 9.69. The largest absolute Gasteiger partial charge is 0.496 e. The highest BCUT2D eigenvalue weighted by molar-refractivity contribution is 6.31. The first-order valence-corrected chi connectivity index (χ1v) is 6.53. The fourth-order valence-electron chi connectivity index (χ4n) is 2.23. The van der Waals surface area contributed by atoms with Gasteiger partial charge < -0.3 is 9.72 Å². The fraction of sp³-hybridized carbons (Fsp3) is 0.0625. The molecular weight excluding hydrogens is 274 g/mol. The van der Waals surface area contributed by atoms with Crippen LogP contribution in [-0.2, 0) is 0 Å². The van der Waals surface area contributed by atoms with Crippen LogP contribution in [-0.4, -0.2) is 12.1 Å². The topological polar surface area (TPSA) is 42.1 Å². The number of benzene rings is 2. The number of pyridine rings is 1. The molecule has 0 unspecified atom stereocenters. The Hall–Kier alpha value is -2.26. The Balaban J connectivity index is 2.28. The lowest BCUT2D eigenvalue weighted by Gasteiger charge is -2.09. The van der Waals surface area contributed by atoms with E-state index in [1.165, 1.54) is 0 Å². The number of aromatic amines is 1. The van der Waals surface area contributed by atoms with Crippen molar-refractivity contribution in [3.05, 3.63) is 63.8 Å². The van der Waals surface area contributed by atoms with E-state index in [2.05, 4.69) is 4.98 Å². The summed E-state index contributed by atoms with van der Waals surface area (Å²) in [6, 6.07) is 14.4. The van der Waals surface area contributed by atoms with E-state index >= 15 is 0 Å². The summed E-state index contributed by atoms with van der Waals surface area (Å²) in [6.45, 7) is 0. The summed E-state index contributed by atoms with van der Waals surface area (Å²) in [6.07, 6.45) is 0. The van der Waals surface area contributed by atoms with Crippen LogP contribution in [0.15, 0.2) is 53.3 Å². The number of aromatic nitrogens is 1. The van der Waals surface area contributed by atoms with E-state index in [-0.39, 0.29) is 5.43 Å². The summed E-state index contributed by atoms with van der Waals surface area (Å²) in [5.41, 5.74) is 2.26. The molecule has 3 aromatic rings. The molecule has 2 aromatic carbocycles. The predicted octanol–water partition coefficient (Wildman–Crippen LogP) is 3.86. The molecule has 0 spiro atoms. The van der Waals surface area contributed by atoms with Gasteiger partial charge in [-0.05, 0) is 30.3 Å². The molecule has 0 atom stereocenters. The molecule has 0 radical (unpaired) electrons. The van der Waals surface area contributed by atoms with Crippen LogP contribution < -0.4 is 10.2 Å². The van der Waals surface area contributed by atoms with E-state index in [0.717, 1.165) is 22.5 Å². The number of ether oxygens (including phenoxy) is 1. The maximum absolute atomic E-state index is 12.2. The average molecular weight is 286 g/mol. The zero-order chi connectivity index (χ0) is 14.1. The van der Waals surface area contributed by atoms with Crippen molar-refractivity contribution in [2.24, 2.45) is 0 Å². The quantitative estimate of drug-likeness (QED) is 0.777. The minimum atomic E-state index is -0.0674. The van der Waals surface area contributed by atoms with Gasteiger partial charge in [0, 0.05) is 27.6 Å². The van der Waals surface area contributed by atoms with Gasteiger partial charge in [-0.3, -0.25) is 4.79 Å². The highest BCUT2D eigenvalue weighted by Crippen LogP contribution is 2.28. The molecule has 0 bridgehead atoms. The molecule has 3 rings (SSSR count). The van der Waals surface area contributed by atoms with Gasteiger partial charge in [-0.15, -0.1) is 0 Å². The molecule has 0 amide bonds. The van der Waals surface area contributed by atoms with Crippen LogP contribution in [0.3, 0.4) is 0 Å². The Morgan fingerprint density at radius 3 is 2.70 bits per heavy atom. The monoisotopic (exact) mass is 285 g/mol. The Bertz CT molecular complexity index is 839. The van der Waals surface area contributed by atoms with Gasteiger partial charge in [0.05, 0.1) is 12.8 Å². The van der Waals surface area contributed by atoms with Gasteiger partial charge >= 0.3 is 0 Å². The molecule has 1 heterocycles. The van der Waals surface area contributed by atoms with Crippen molar-refractivity contribution in [3.8, 4) is 17.0 Å². The third-order valence-electron chi connectivity index (χ3n) is 3.19. The van der Waals surface area contributed by atoms with Crippen molar-refractivity contribution in [3.63, 3.8) is 0 Å². The van der Waals surface area contributed by atoms with Crippen molar-refractivity contribution in [1.82, 2.24) is 4.98 Å². The SMILES string of the molecule is COc1ccccc1-c1cc(=O)c2cc(Cl)ccc2[nH]1. The van der Waals surface area contributed by atoms with Crippen LogP contribution in [0, 0.1) is 0 Å². The first kappa shape index (κ1) is 12.8. The third kappa shape index (κ3) is 2.17. The van der Waals surface area contributed by atoms with E-state index in [1.54, 1.807) is 31.4 Å². The van der Waals surface area contributed by atoms with Crippen LogP contribution in [0.25, 0.3) is 22.2 Å². The third-order valence-corrected chi connectivity index (χ3v) is 3.42. The van der Waals surface area contributed by atoms with Gasteiger partial charge in [0.25, 0.3) is 0 Å². The lowest BCUT2D eigenvalue weighted by atomic mass is 10.1. The molecule has 1 aromatic heterocycles. The van der Waals surface area contributed by atoms with Crippen molar-refractivity contribution < 1.29 is 4.74 Å². The number of fused-ring (bicyclic) bond motifs is 1. The maximum Gasteiger partial charge on any atom is 0.190 e. The minimum Gasteiger partial charge on any atom is -0.496 e. The minimum absolute atomic E-state index is 0.0674. The van der Waals surface area contributed by atoms with Gasteiger partial charge in [-0.1, -0.05) is 23.7 Å². The smallest absolute Gasteiger partial charge is 0.190 e. The molecule has 0 fully saturated rings. The van der Waals surface area contributed by atoms with Crippen LogP contribution in [0.5, 0.6) is 5.75 Å². The lowest BCUT2D eigenvalue weighted by molar-refractivity contribution is 0.416. The van der Waals surface area contributed by atoms with E-state index < -0.39 is 0 Å². The average Bonchev–Trinajstić information content (AvgIpc) is 2.47. The zero-order valence-electron chi connectivity index (χ0n) is 10.8. The molecule has 0 saturated carbocycles. The Morgan fingerprint density at radius 2 is 1.90 bits per heavy atom. The van der Waals surface area contributed by atoms with Gasteiger partial charge in [0.15, 0.2) is 5.43 Å². The number of nitrogens with one attached hydrogen (secondary N) is 1. The van der Waals surface area contributed by atoms with Crippen LogP contribution in [0.4, 0.5) is 0 Å². The Kier molecular flexibility index (Phi) is 3.20. The van der Waals surface area contributed by atoms with E-state index in [0.29, 0.717) is 10.4 Å². The maximum atomic E-state index is 12.2. The van der Waals surface area contributed by atoms with E-state index in [1.807, 2.05) is 24.3 Å². The predicted molar refractivity (Wildman–Crippen MR) is 81.6 cm³/mol. The van der Waals surface area contributed by atoms with Gasteiger partial charge in [0.2, 0.25) is 0 Å². The van der Waals surface area contributed by atoms with Gasteiger partial charge in [-0.25, -0.2) is 0 Å². The first-order valence-electron chi connectivity index (χ1n) is 6.15. The number of halogens is 1. The highest BCUT2D eigenvalue weighted by atomic mass is 35.5. The van der Waals surface area contributed by atoms with Crippen LogP contribution in [0.2, 0.25) is 5.02 Å². The summed E-state index contributed by atoms with van der Waals surface area (Å²) >= 11 is 5.92. The molecule has 4 heteroatoms. The summed E-state index contributed by atoms with van der Waals surface area (Å²) in [5.74, 6) is 0.719. The van der Waals surface area contributed by atoms with Crippen molar-refractivity contribution >= 4 is 22.5 Å². The summed E-state index contributed by atoms with van der Waals surface area (Å²) in [7, 11) is 1.61. The summed E-state index contributed by atoms with van der Waals surface area (Å²) in [5, 5.41) is 1.13. The summed E-state index contributed by atoms with van der Waals surface area (Å²) < 4.78 is 5.33. The van der Waals surface area contributed by atoms with Gasteiger partial charge in [0.1, 0.15) is 5.75 Å². The number of methoxy groups -OCH3 is 1. The summed E-state index contributed by atoms with van der Waals surface area (Å²) in [4.78, 5) is 15.5. The van der Waals surface area contributed by atoms with Gasteiger partial charge in [-0.2, -0.15) is 0 Å². The Morgan fingerprint density at radius 1 is 1.10 bits per heavy atom. The molecule has 20 heavy (non-hydrogen) atoms. The number of para-hydroxylation sites is 1. The second-order valence-electron chi connectivity index (χ2n) is 4.44. The number of rotatable bonds is 2. The second kappa shape index (κ2) is 5.02. The lowest BCUT2D eigenvalue weighted by Crippen LogP contribution is -2.03. The normalized spacial score (nSPS) is 10.7.